The van der Waals surface area contributed by atoms with Crippen molar-refractivity contribution in [3.05, 3.63) is 35.9 Å². The van der Waals surface area contributed by atoms with Gasteiger partial charge in [0.15, 0.2) is 0 Å². The quantitative estimate of drug-likeness (QED) is 0.573. The zero-order chi connectivity index (χ0) is 9.90. The van der Waals surface area contributed by atoms with Gasteiger partial charge in [0, 0.05) is 0 Å². The number of nitriles is 1. The smallest absolute Gasteiger partial charge is 0.423 e. The fraction of sp³-hybridized carbons (Fsp3) is 0.222. The Labute approximate surface area is 77.5 Å². The Morgan fingerprint density at radius 2 is 2.15 bits per heavy atom. The molecule has 13 heavy (non-hydrogen) atoms. The molecular weight excluding hydrogens is 165 g/mol. The number of allylic oxidation sites excluding steroid dienone is 6. The molecular formula is C9H10BNO2. The van der Waals surface area contributed by atoms with Crippen molar-refractivity contribution < 1.29 is 10.0 Å². The third-order valence-electron chi connectivity index (χ3n) is 1.89. The molecule has 0 aliphatic heterocycles. The van der Waals surface area contributed by atoms with E-state index in [-0.39, 0.29) is 0 Å². The van der Waals surface area contributed by atoms with E-state index >= 15 is 0 Å². The van der Waals surface area contributed by atoms with Gasteiger partial charge in [0.1, 0.15) is 0 Å². The molecule has 3 nitrogen and oxygen atoms in total. The van der Waals surface area contributed by atoms with Crippen LogP contribution in [0.3, 0.4) is 0 Å². The molecule has 0 saturated carbocycles. The lowest BCUT2D eigenvalue weighted by molar-refractivity contribution is 0.420. The first kappa shape index (κ1) is 9.78. The number of hydrogen-bond acceptors (Lipinski definition) is 3. The van der Waals surface area contributed by atoms with Crippen molar-refractivity contribution in [3.8, 4) is 6.07 Å². The SMILES string of the molecule is CC1(C#N)C=CC=C(B(O)O)C=C1. The van der Waals surface area contributed by atoms with E-state index < -0.39 is 12.5 Å². The van der Waals surface area contributed by atoms with E-state index in [0.717, 1.165) is 0 Å². The standard InChI is InChI=1S/C9H10BNO2/c1-9(7-11)5-2-3-8(4-6-9)10(12)13/h2-6,12-13H,1H3. The summed E-state index contributed by atoms with van der Waals surface area (Å²) in [5, 5.41) is 26.5. The van der Waals surface area contributed by atoms with Crippen molar-refractivity contribution in [2.45, 2.75) is 6.92 Å². The summed E-state index contributed by atoms with van der Waals surface area (Å²) < 4.78 is 0. The van der Waals surface area contributed by atoms with Gasteiger partial charge in [-0.1, -0.05) is 30.4 Å². The van der Waals surface area contributed by atoms with Crippen molar-refractivity contribution in [1.29, 1.82) is 5.26 Å². The zero-order valence-corrected chi connectivity index (χ0v) is 7.31. The number of rotatable bonds is 1. The fourth-order valence-electron chi connectivity index (χ4n) is 0.986. The van der Waals surface area contributed by atoms with Gasteiger partial charge < -0.3 is 10.0 Å². The minimum Gasteiger partial charge on any atom is -0.423 e. The average Bonchev–Trinajstić information content (AvgIpc) is 2.28. The Hall–Kier alpha value is -1.31. The summed E-state index contributed by atoms with van der Waals surface area (Å²) in [4.78, 5) is 0. The minimum atomic E-state index is -1.48. The van der Waals surface area contributed by atoms with Gasteiger partial charge in [-0.25, -0.2) is 0 Å². The van der Waals surface area contributed by atoms with E-state index in [9.17, 15) is 0 Å². The van der Waals surface area contributed by atoms with E-state index in [1.165, 1.54) is 0 Å². The molecule has 0 fully saturated rings. The third-order valence-corrected chi connectivity index (χ3v) is 1.89. The molecule has 66 valence electrons. The molecule has 1 unspecified atom stereocenters. The molecule has 1 atom stereocenters. The Bertz CT molecular complexity index is 325. The molecule has 0 bridgehead atoms. The van der Waals surface area contributed by atoms with E-state index in [0.29, 0.717) is 5.47 Å². The van der Waals surface area contributed by atoms with Gasteiger partial charge >= 0.3 is 7.12 Å². The minimum absolute atomic E-state index is 0.384. The lowest BCUT2D eigenvalue weighted by atomic mass is 9.78. The van der Waals surface area contributed by atoms with E-state index in [1.807, 2.05) is 0 Å². The first-order valence-electron chi connectivity index (χ1n) is 3.93. The zero-order valence-electron chi connectivity index (χ0n) is 7.31. The normalized spacial score (nSPS) is 26.2. The van der Waals surface area contributed by atoms with Crippen LogP contribution >= 0.6 is 0 Å². The predicted molar refractivity (Wildman–Crippen MR) is 50.3 cm³/mol. The van der Waals surface area contributed by atoms with Gasteiger partial charge in [-0.2, -0.15) is 5.26 Å². The maximum Gasteiger partial charge on any atom is 0.488 e. The van der Waals surface area contributed by atoms with Gasteiger partial charge in [0.2, 0.25) is 0 Å². The molecule has 1 aliphatic rings. The maximum absolute atomic E-state index is 8.86. The monoisotopic (exact) mass is 175 g/mol. The van der Waals surface area contributed by atoms with Crippen LogP contribution in [0.15, 0.2) is 35.9 Å². The number of nitrogens with zero attached hydrogens (tertiary/aromatic N) is 1. The maximum atomic E-state index is 8.86. The van der Waals surface area contributed by atoms with Crippen LogP contribution in [0, 0.1) is 16.7 Å². The highest BCUT2D eigenvalue weighted by Crippen LogP contribution is 2.22. The summed E-state index contributed by atoms with van der Waals surface area (Å²) in [6, 6.07) is 2.11. The highest BCUT2D eigenvalue weighted by atomic mass is 16.4. The molecule has 0 radical (unpaired) electrons. The summed E-state index contributed by atoms with van der Waals surface area (Å²) in [7, 11) is -1.48. The topological polar surface area (TPSA) is 64.2 Å². The van der Waals surface area contributed by atoms with Crippen molar-refractivity contribution in [3.63, 3.8) is 0 Å². The third kappa shape index (κ3) is 2.31. The highest BCUT2D eigenvalue weighted by Gasteiger charge is 2.19. The van der Waals surface area contributed by atoms with Gasteiger partial charge in [-0.3, -0.25) is 0 Å². The molecule has 1 aliphatic carbocycles. The first-order valence-corrected chi connectivity index (χ1v) is 3.93. The molecule has 2 N–H and O–H groups in total. The summed E-state index contributed by atoms with van der Waals surface area (Å²) in [5.41, 5.74) is -0.275. The second-order valence-electron chi connectivity index (χ2n) is 3.13. The van der Waals surface area contributed by atoms with E-state index in [4.69, 9.17) is 15.3 Å². The summed E-state index contributed by atoms with van der Waals surface area (Å²) in [5.74, 6) is 0. The van der Waals surface area contributed by atoms with E-state index in [1.54, 1.807) is 37.3 Å². The average molecular weight is 175 g/mol. The lowest BCUT2D eigenvalue weighted by Gasteiger charge is -2.08. The Morgan fingerprint density at radius 3 is 2.69 bits per heavy atom. The second-order valence-corrected chi connectivity index (χ2v) is 3.13. The van der Waals surface area contributed by atoms with E-state index in [2.05, 4.69) is 6.07 Å². The molecule has 4 heteroatoms. The van der Waals surface area contributed by atoms with Crippen LogP contribution in [-0.4, -0.2) is 17.2 Å². The molecule has 0 saturated heterocycles. The first-order chi connectivity index (χ1) is 6.07. The molecule has 0 aromatic heterocycles. The van der Waals surface area contributed by atoms with Crippen LogP contribution in [0.4, 0.5) is 0 Å². The molecule has 1 rings (SSSR count). The van der Waals surface area contributed by atoms with Crippen molar-refractivity contribution in [2.75, 3.05) is 0 Å². The van der Waals surface area contributed by atoms with Gasteiger partial charge in [-0.05, 0) is 12.4 Å². The van der Waals surface area contributed by atoms with Crippen LogP contribution in [-0.2, 0) is 0 Å². The predicted octanol–water partition coefficient (Wildman–Crippen LogP) is 0.581. The molecule has 0 amide bonds. The van der Waals surface area contributed by atoms with Gasteiger partial charge in [0.05, 0.1) is 11.5 Å². The summed E-state index contributed by atoms with van der Waals surface area (Å²) in [6.45, 7) is 1.75. The summed E-state index contributed by atoms with van der Waals surface area (Å²) >= 11 is 0. The van der Waals surface area contributed by atoms with Crippen LogP contribution in [0.2, 0.25) is 0 Å². The lowest BCUT2D eigenvalue weighted by Crippen LogP contribution is -2.13. The molecule has 0 aromatic carbocycles. The Balaban J connectivity index is 2.95. The molecule has 0 heterocycles. The van der Waals surface area contributed by atoms with Crippen LogP contribution in [0.1, 0.15) is 6.92 Å². The Kier molecular flexibility index (Phi) is 2.71. The molecule has 0 aromatic rings. The van der Waals surface area contributed by atoms with Crippen molar-refractivity contribution in [1.82, 2.24) is 0 Å². The van der Waals surface area contributed by atoms with Crippen LogP contribution in [0.25, 0.3) is 0 Å². The molecule has 0 spiro atoms. The fourth-order valence-corrected chi connectivity index (χ4v) is 0.986. The van der Waals surface area contributed by atoms with Crippen molar-refractivity contribution >= 4 is 7.12 Å². The van der Waals surface area contributed by atoms with Gasteiger partial charge in [0.25, 0.3) is 0 Å². The summed E-state index contributed by atoms with van der Waals surface area (Å²) in [6.07, 6.45) is 8.12. The second kappa shape index (κ2) is 3.61. The highest BCUT2D eigenvalue weighted by molar-refractivity contribution is 6.51. The number of hydrogen-bond donors (Lipinski definition) is 2. The van der Waals surface area contributed by atoms with Gasteiger partial charge in [-0.15, -0.1) is 0 Å². The van der Waals surface area contributed by atoms with Crippen LogP contribution in [0.5, 0.6) is 0 Å². The van der Waals surface area contributed by atoms with Crippen LogP contribution < -0.4 is 0 Å². The van der Waals surface area contributed by atoms with Crippen molar-refractivity contribution in [2.24, 2.45) is 5.41 Å². The largest absolute Gasteiger partial charge is 0.488 e. The Morgan fingerprint density at radius 1 is 1.46 bits per heavy atom.